The summed E-state index contributed by atoms with van der Waals surface area (Å²) in [5.74, 6) is -0.889. The molecule has 58 valence electrons. The maximum Gasteiger partial charge on any atom is 0.312 e. The van der Waals surface area contributed by atoms with Gasteiger partial charge in [-0.05, 0) is 20.3 Å². The molecule has 1 fully saturated rings. The van der Waals surface area contributed by atoms with E-state index in [4.69, 9.17) is 0 Å². The summed E-state index contributed by atoms with van der Waals surface area (Å²) in [6, 6.07) is 0. The van der Waals surface area contributed by atoms with Crippen molar-refractivity contribution in [2.45, 2.75) is 25.9 Å². The van der Waals surface area contributed by atoms with Gasteiger partial charge in [-0.1, -0.05) is 0 Å². The Bertz CT molecular complexity index is 154. The van der Waals surface area contributed by atoms with E-state index in [0.717, 1.165) is 0 Å². The van der Waals surface area contributed by atoms with Crippen molar-refractivity contribution >= 4 is 5.97 Å². The zero-order chi connectivity index (χ0) is 7.78. The summed E-state index contributed by atoms with van der Waals surface area (Å²) in [6.07, 6.45) is 0.325. The van der Waals surface area contributed by atoms with E-state index >= 15 is 0 Å². The minimum Gasteiger partial charge on any atom is -0.466 e. The largest absolute Gasteiger partial charge is 0.466 e. The van der Waals surface area contributed by atoms with Gasteiger partial charge in [0.2, 0.25) is 0 Å². The highest BCUT2D eigenvalue weighted by Gasteiger charge is 2.56. The molecule has 0 aromatic rings. The summed E-state index contributed by atoms with van der Waals surface area (Å²) in [4.78, 5) is 10.8. The third-order valence-corrected chi connectivity index (χ3v) is 1.74. The van der Waals surface area contributed by atoms with Crippen molar-refractivity contribution in [3.8, 4) is 0 Å². The van der Waals surface area contributed by atoms with Gasteiger partial charge < -0.3 is 4.74 Å². The molecule has 1 rings (SSSR count). The van der Waals surface area contributed by atoms with Gasteiger partial charge in [0, 0.05) is 0 Å². The summed E-state index contributed by atoms with van der Waals surface area (Å²) >= 11 is 0. The van der Waals surface area contributed by atoms with Crippen molar-refractivity contribution in [2.75, 3.05) is 6.61 Å². The lowest BCUT2D eigenvalue weighted by Crippen LogP contribution is -2.11. The summed E-state index contributed by atoms with van der Waals surface area (Å²) < 4.78 is 17.4. The fraction of sp³-hybridized carbons (Fsp3) is 0.857. The molecule has 3 heteroatoms. The van der Waals surface area contributed by atoms with Crippen LogP contribution in [0.25, 0.3) is 0 Å². The molecule has 2 nitrogen and oxygen atoms in total. The van der Waals surface area contributed by atoms with Crippen molar-refractivity contribution in [3.63, 3.8) is 0 Å². The highest BCUT2D eigenvalue weighted by molar-refractivity contribution is 5.77. The van der Waals surface area contributed by atoms with Crippen molar-refractivity contribution < 1.29 is 13.9 Å². The van der Waals surface area contributed by atoms with Gasteiger partial charge in [0.25, 0.3) is 0 Å². The van der Waals surface area contributed by atoms with Crippen LogP contribution < -0.4 is 0 Å². The smallest absolute Gasteiger partial charge is 0.312 e. The normalized spacial score (nSPS) is 37.3. The number of rotatable bonds is 2. The van der Waals surface area contributed by atoms with Crippen LogP contribution in [-0.2, 0) is 9.53 Å². The van der Waals surface area contributed by atoms with Gasteiger partial charge in [0.15, 0.2) is 0 Å². The first-order valence-corrected chi connectivity index (χ1v) is 3.43. The van der Waals surface area contributed by atoms with Crippen LogP contribution in [0, 0.1) is 5.92 Å². The molecular formula is C7H11FO2. The molecular weight excluding hydrogens is 135 g/mol. The number of hydrogen-bond acceptors (Lipinski definition) is 2. The molecule has 0 aromatic carbocycles. The molecule has 0 saturated heterocycles. The number of carbonyl (C=O) groups is 1. The Hall–Kier alpha value is -0.600. The van der Waals surface area contributed by atoms with E-state index in [0.29, 0.717) is 13.0 Å². The van der Waals surface area contributed by atoms with Gasteiger partial charge in [-0.2, -0.15) is 0 Å². The van der Waals surface area contributed by atoms with Gasteiger partial charge in [-0.25, -0.2) is 4.39 Å². The number of halogens is 1. The molecule has 0 N–H and O–H groups in total. The van der Waals surface area contributed by atoms with Crippen molar-refractivity contribution in [3.05, 3.63) is 0 Å². The first-order valence-electron chi connectivity index (χ1n) is 3.43. The molecule has 2 unspecified atom stereocenters. The lowest BCUT2D eigenvalue weighted by Gasteiger charge is -1.99. The van der Waals surface area contributed by atoms with Crippen molar-refractivity contribution in [1.82, 2.24) is 0 Å². The van der Waals surface area contributed by atoms with Crippen molar-refractivity contribution in [2.24, 2.45) is 5.92 Å². The van der Waals surface area contributed by atoms with E-state index in [1.54, 1.807) is 6.92 Å². The third kappa shape index (κ3) is 1.28. The molecule has 1 aliphatic carbocycles. The molecule has 10 heavy (non-hydrogen) atoms. The van der Waals surface area contributed by atoms with Gasteiger partial charge in [0.05, 0.1) is 12.5 Å². The molecule has 0 bridgehead atoms. The second-order valence-electron chi connectivity index (χ2n) is 2.79. The van der Waals surface area contributed by atoms with Crippen LogP contribution in [0.3, 0.4) is 0 Å². The molecule has 2 atom stereocenters. The van der Waals surface area contributed by atoms with Crippen LogP contribution in [0.2, 0.25) is 0 Å². The maximum absolute atomic E-state index is 12.7. The Labute approximate surface area is 59.4 Å². The highest BCUT2D eigenvalue weighted by atomic mass is 19.1. The van der Waals surface area contributed by atoms with E-state index in [-0.39, 0.29) is 0 Å². The first-order chi connectivity index (χ1) is 4.58. The van der Waals surface area contributed by atoms with E-state index in [1.807, 2.05) is 0 Å². The van der Waals surface area contributed by atoms with Crippen LogP contribution in [-0.4, -0.2) is 18.2 Å². The minimum absolute atomic E-state index is 0.325. The molecule has 0 spiro atoms. The van der Waals surface area contributed by atoms with Gasteiger partial charge in [0.1, 0.15) is 5.67 Å². The summed E-state index contributed by atoms with van der Waals surface area (Å²) in [7, 11) is 0. The zero-order valence-electron chi connectivity index (χ0n) is 6.19. The Kier molecular flexibility index (Phi) is 1.67. The molecule has 0 amide bonds. The molecule has 0 aromatic heterocycles. The molecule has 0 aliphatic heterocycles. The predicted octanol–water partition coefficient (Wildman–Crippen LogP) is 1.30. The second kappa shape index (κ2) is 2.22. The number of alkyl halides is 1. The maximum atomic E-state index is 12.7. The SMILES string of the molecule is CCOC(=O)C1CC1(C)F. The third-order valence-electron chi connectivity index (χ3n) is 1.74. The van der Waals surface area contributed by atoms with E-state index in [9.17, 15) is 9.18 Å². The van der Waals surface area contributed by atoms with E-state index < -0.39 is 17.6 Å². The molecule has 0 radical (unpaired) electrons. The van der Waals surface area contributed by atoms with Crippen LogP contribution in [0.1, 0.15) is 20.3 Å². The molecule has 1 aliphatic rings. The van der Waals surface area contributed by atoms with Crippen LogP contribution >= 0.6 is 0 Å². The number of esters is 1. The van der Waals surface area contributed by atoms with Crippen molar-refractivity contribution in [1.29, 1.82) is 0 Å². The number of ether oxygens (including phenoxy) is 1. The summed E-state index contributed by atoms with van der Waals surface area (Å²) in [5.41, 5.74) is -1.29. The zero-order valence-corrected chi connectivity index (χ0v) is 6.19. The first kappa shape index (κ1) is 7.51. The highest BCUT2D eigenvalue weighted by Crippen LogP contribution is 2.47. The summed E-state index contributed by atoms with van der Waals surface area (Å²) in [6.45, 7) is 3.48. The average molecular weight is 146 g/mol. The second-order valence-corrected chi connectivity index (χ2v) is 2.79. The Morgan fingerprint density at radius 1 is 1.90 bits per heavy atom. The lowest BCUT2D eigenvalue weighted by atomic mass is 10.3. The quantitative estimate of drug-likeness (QED) is 0.549. The Balaban J connectivity index is 2.33. The number of hydrogen-bond donors (Lipinski definition) is 0. The summed E-state index contributed by atoms with van der Waals surface area (Å²) in [5, 5.41) is 0. The fourth-order valence-electron chi connectivity index (χ4n) is 0.912. The minimum atomic E-state index is -1.29. The molecule has 0 heterocycles. The van der Waals surface area contributed by atoms with E-state index in [1.165, 1.54) is 6.92 Å². The van der Waals surface area contributed by atoms with Crippen LogP contribution in [0.15, 0.2) is 0 Å². The lowest BCUT2D eigenvalue weighted by molar-refractivity contribution is -0.145. The van der Waals surface area contributed by atoms with E-state index in [2.05, 4.69) is 4.74 Å². The fourth-order valence-corrected chi connectivity index (χ4v) is 0.912. The topological polar surface area (TPSA) is 26.3 Å². The Morgan fingerprint density at radius 2 is 2.40 bits per heavy atom. The van der Waals surface area contributed by atoms with Crippen LogP contribution in [0.5, 0.6) is 0 Å². The number of carbonyl (C=O) groups excluding carboxylic acids is 1. The van der Waals surface area contributed by atoms with Gasteiger partial charge >= 0.3 is 5.97 Å². The average Bonchev–Trinajstić information content (AvgIpc) is 2.41. The standard InChI is InChI=1S/C7H11FO2/c1-3-10-6(9)5-4-7(5,2)8/h5H,3-4H2,1-2H3. The Morgan fingerprint density at radius 3 is 2.70 bits per heavy atom. The van der Waals surface area contributed by atoms with Gasteiger partial charge in [-0.15, -0.1) is 0 Å². The molecule has 1 saturated carbocycles. The van der Waals surface area contributed by atoms with Crippen LogP contribution in [0.4, 0.5) is 4.39 Å². The monoisotopic (exact) mass is 146 g/mol. The predicted molar refractivity (Wildman–Crippen MR) is 34.3 cm³/mol. The van der Waals surface area contributed by atoms with Gasteiger partial charge in [-0.3, -0.25) is 4.79 Å².